The number of nitrogens with zero attached hydrogens (tertiary/aromatic N) is 2. The van der Waals surface area contributed by atoms with Crippen molar-refractivity contribution < 1.29 is 0 Å². The lowest BCUT2D eigenvalue weighted by Crippen LogP contribution is -2.45. The summed E-state index contributed by atoms with van der Waals surface area (Å²) in [7, 11) is 1.96. The molecule has 0 radical (unpaired) electrons. The van der Waals surface area contributed by atoms with Crippen molar-refractivity contribution in [1.82, 2.24) is 15.3 Å². The maximum Gasteiger partial charge on any atom is 0.252 e. The summed E-state index contributed by atoms with van der Waals surface area (Å²) in [6.45, 7) is 1.93. The molecule has 1 aromatic heterocycles. The van der Waals surface area contributed by atoms with E-state index < -0.39 is 0 Å². The average Bonchev–Trinajstić information content (AvgIpc) is 2.30. The Morgan fingerprint density at radius 2 is 2.50 bits per heavy atom. The molecule has 16 heavy (non-hydrogen) atoms. The largest absolute Gasteiger partial charge is 0.352 e. The molecule has 1 unspecified atom stereocenters. The quantitative estimate of drug-likeness (QED) is 0.774. The van der Waals surface area contributed by atoms with Gasteiger partial charge in [-0.15, -0.1) is 0 Å². The van der Waals surface area contributed by atoms with Gasteiger partial charge in [-0.2, -0.15) is 0 Å². The van der Waals surface area contributed by atoms with E-state index in [-0.39, 0.29) is 5.56 Å². The Balaban J connectivity index is 2.19. The summed E-state index contributed by atoms with van der Waals surface area (Å²) in [5.41, 5.74) is -0.0845. The third-order valence-corrected chi connectivity index (χ3v) is 3.02. The number of hydrogen-bond acceptors (Lipinski definition) is 4. The van der Waals surface area contributed by atoms with Gasteiger partial charge in [0, 0.05) is 25.2 Å². The highest BCUT2D eigenvalue weighted by Crippen LogP contribution is 2.21. The fraction of sp³-hybridized carbons (Fsp3) is 0.636. The molecule has 1 aliphatic rings. The Bertz CT molecular complexity index is 388. The first-order valence-corrected chi connectivity index (χ1v) is 5.77. The maximum absolute atomic E-state index is 11.3. The van der Waals surface area contributed by atoms with Crippen LogP contribution in [-0.4, -0.2) is 36.1 Å². The first kappa shape index (κ1) is 11.1. The molecule has 0 aliphatic carbocycles. The number of hydrogen-bond donors (Lipinski definition) is 2. The van der Waals surface area contributed by atoms with Gasteiger partial charge in [-0.1, -0.05) is 0 Å². The van der Waals surface area contributed by atoms with Crippen LogP contribution in [0.2, 0.25) is 0 Å². The standard InChI is InChI=1S/C11H18N4O/c1-12-7-9-4-2-3-5-15(9)10-6-11(16)14-8-13-10/h6,8-9,12H,2-5,7H2,1H3,(H,13,14,16). The lowest BCUT2D eigenvalue weighted by Gasteiger charge is -2.36. The van der Waals surface area contributed by atoms with Gasteiger partial charge in [0.2, 0.25) is 0 Å². The van der Waals surface area contributed by atoms with Gasteiger partial charge < -0.3 is 15.2 Å². The number of aromatic nitrogens is 2. The van der Waals surface area contributed by atoms with Crippen LogP contribution in [-0.2, 0) is 0 Å². The van der Waals surface area contributed by atoms with Gasteiger partial charge in [-0.25, -0.2) is 4.98 Å². The van der Waals surface area contributed by atoms with Crippen LogP contribution in [0.5, 0.6) is 0 Å². The second-order valence-electron chi connectivity index (χ2n) is 4.17. The second-order valence-corrected chi connectivity index (χ2v) is 4.17. The molecule has 2 N–H and O–H groups in total. The van der Waals surface area contributed by atoms with Gasteiger partial charge >= 0.3 is 0 Å². The van der Waals surface area contributed by atoms with Crippen LogP contribution >= 0.6 is 0 Å². The zero-order chi connectivity index (χ0) is 11.4. The minimum absolute atomic E-state index is 0.0845. The summed E-state index contributed by atoms with van der Waals surface area (Å²) in [6, 6.07) is 2.03. The molecule has 1 fully saturated rings. The zero-order valence-corrected chi connectivity index (χ0v) is 9.57. The Morgan fingerprint density at radius 3 is 3.25 bits per heavy atom. The van der Waals surface area contributed by atoms with Crippen molar-refractivity contribution >= 4 is 5.82 Å². The molecule has 2 heterocycles. The molecule has 0 amide bonds. The van der Waals surface area contributed by atoms with Gasteiger partial charge in [0.25, 0.3) is 5.56 Å². The molecule has 1 aliphatic heterocycles. The minimum Gasteiger partial charge on any atom is -0.352 e. The number of likely N-dealkylation sites (N-methyl/N-ethyl adjacent to an activating group) is 1. The summed E-state index contributed by atoms with van der Waals surface area (Å²) < 4.78 is 0. The Morgan fingerprint density at radius 1 is 1.62 bits per heavy atom. The smallest absolute Gasteiger partial charge is 0.252 e. The molecule has 1 saturated heterocycles. The van der Waals surface area contributed by atoms with E-state index in [9.17, 15) is 4.79 Å². The molecular weight excluding hydrogens is 204 g/mol. The van der Waals surface area contributed by atoms with Crippen molar-refractivity contribution in [2.24, 2.45) is 0 Å². The van der Waals surface area contributed by atoms with Crippen LogP contribution in [0.1, 0.15) is 19.3 Å². The van der Waals surface area contributed by atoms with E-state index in [1.54, 1.807) is 6.07 Å². The Hall–Kier alpha value is -1.36. The fourth-order valence-electron chi connectivity index (χ4n) is 2.27. The number of H-pyrrole nitrogens is 1. The lowest BCUT2D eigenvalue weighted by molar-refractivity contribution is 0.443. The second kappa shape index (κ2) is 5.12. The first-order chi connectivity index (χ1) is 7.81. The Kier molecular flexibility index (Phi) is 3.56. The lowest BCUT2D eigenvalue weighted by atomic mass is 10.0. The summed E-state index contributed by atoms with van der Waals surface area (Å²) in [4.78, 5) is 20.3. The maximum atomic E-state index is 11.3. The van der Waals surface area contributed by atoms with E-state index in [2.05, 4.69) is 20.2 Å². The molecule has 0 aromatic carbocycles. The molecule has 1 aromatic rings. The van der Waals surface area contributed by atoms with Crippen LogP contribution in [0.25, 0.3) is 0 Å². The highest BCUT2D eigenvalue weighted by Gasteiger charge is 2.22. The van der Waals surface area contributed by atoms with Crippen molar-refractivity contribution in [1.29, 1.82) is 0 Å². The minimum atomic E-state index is -0.0845. The van der Waals surface area contributed by atoms with Gasteiger partial charge in [0.05, 0.1) is 6.33 Å². The van der Waals surface area contributed by atoms with E-state index >= 15 is 0 Å². The SMILES string of the molecule is CNCC1CCCCN1c1cc(=O)[nH]cn1. The summed E-state index contributed by atoms with van der Waals surface area (Å²) >= 11 is 0. The van der Waals surface area contributed by atoms with Crippen LogP contribution in [0.3, 0.4) is 0 Å². The number of aromatic amines is 1. The van der Waals surface area contributed by atoms with E-state index in [4.69, 9.17) is 0 Å². The number of nitrogens with one attached hydrogen (secondary N) is 2. The third kappa shape index (κ3) is 2.41. The molecule has 0 saturated carbocycles. The highest BCUT2D eigenvalue weighted by molar-refractivity contribution is 5.38. The molecule has 0 spiro atoms. The third-order valence-electron chi connectivity index (χ3n) is 3.02. The topological polar surface area (TPSA) is 61.0 Å². The van der Waals surface area contributed by atoms with Crippen molar-refractivity contribution in [3.05, 3.63) is 22.7 Å². The molecule has 88 valence electrons. The zero-order valence-electron chi connectivity index (χ0n) is 9.57. The number of rotatable bonds is 3. The van der Waals surface area contributed by atoms with Crippen molar-refractivity contribution in [3.63, 3.8) is 0 Å². The van der Waals surface area contributed by atoms with Crippen LogP contribution in [0.15, 0.2) is 17.2 Å². The highest BCUT2D eigenvalue weighted by atomic mass is 16.1. The predicted octanol–water partition coefficient (Wildman–Crippen LogP) is 0.348. The first-order valence-electron chi connectivity index (χ1n) is 5.77. The van der Waals surface area contributed by atoms with Gasteiger partial charge in [-0.3, -0.25) is 4.79 Å². The van der Waals surface area contributed by atoms with Gasteiger partial charge in [-0.05, 0) is 26.3 Å². The number of anilines is 1. The monoisotopic (exact) mass is 222 g/mol. The van der Waals surface area contributed by atoms with Crippen molar-refractivity contribution in [3.8, 4) is 0 Å². The van der Waals surface area contributed by atoms with Gasteiger partial charge in [0.1, 0.15) is 5.82 Å². The summed E-state index contributed by atoms with van der Waals surface area (Å²) in [5.74, 6) is 0.795. The van der Waals surface area contributed by atoms with E-state index in [1.807, 2.05) is 7.05 Å². The fourth-order valence-corrected chi connectivity index (χ4v) is 2.27. The molecular formula is C11H18N4O. The van der Waals surface area contributed by atoms with E-state index in [0.29, 0.717) is 6.04 Å². The van der Waals surface area contributed by atoms with Crippen LogP contribution in [0, 0.1) is 0 Å². The van der Waals surface area contributed by atoms with Crippen LogP contribution in [0.4, 0.5) is 5.82 Å². The van der Waals surface area contributed by atoms with Crippen molar-refractivity contribution in [2.45, 2.75) is 25.3 Å². The van der Waals surface area contributed by atoms with Gasteiger partial charge in [0.15, 0.2) is 0 Å². The Labute approximate surface area is 94.9 Å². The van der Waals surface area contributed by atoms with Crippen molar-refractivity contribution in [2.75, 3.05) is 25.0 Å². The average molecular weight is 222 g/mol. The molecule has 5 heteroatoms. The molecule has 1 atom stereocenters. The normalized spacial score (nSPS) is 21.1. The van der Waals surface area contributed by atoms with E-state index in [0.717, 1.165) is 25.3 Å². The molecule has 2 rings (SSSR count). The molecule has 5 nitrogen and oxygen atoms in total. The molecule has 0 bridgehead atoms. The summed E-state index contributed by atoms with van der Waals surface area (Å²) in [5, 5.41) is 3.20. The van der Waals surface area contributed by atoms with Crippen LogP contribution < -0.4 is 15.8 Å². The predicted molar refractivity (Wildman–Crippen MR) is 63.8 cm³/mol. The summed E-state index contributed by atoms with van der Waals surface area (Å²) in [6.07, 6.45) is 5.07. The number of piperidine rings is 1. The van der Waals surface area contributed by atoms with E-state index in [1.165, 1.54) is 19.2 Å².